The molecule has 5 heteroatoms. The van der Waals surface area contributed by atoms with Gasteiger partial charge in [-0.25, -0.2) is 0 Å². The Balaban J connectivity index is 2.98. The first-order valence-electron chi connectivity index (χ1n) is 5.46. The monoisotopic (exact) mass is 231 g/mol. The zero-order valence-corrected chi connectivity index (χ0v) is 9.75. The molecular formula is C10H18ClN3O. The molecule has 0 aromatic rings. The van der Waals surface area contributed by atoms with Gasteiger partial charge in [0.1, 0.15) is 0 Å². The fraction of sp³-hybridized carbons (Fsp3) is 0.900. The minimum Gasteiger partial charge on any atom is -0.281 e. The largest absolute Gasteiger partial charge is 0.281 e. The quantitative estimate of drug-likeness (QED) is 0.183. The maximum atomic E-state index is 10.4. The predicted molar refractivity (Wildman–Crippen MR) is 61.8 cm³/mol. The molecule has 0 aromatic heterocycles. The van der Waals surface area contributed by atoms with Crippen LogP contribution in [-0.4, -0.2) is 11.8 Å². The average molecular weight is 232 g/mol. The highest BCUT2D eigenvalue weighted by atomic mass is 35.5. The second kappa shape index (κ2) is 11.3. The van der Waals surface area contributed by atoms with Gasteiger partial charge < -0.3 is 0 Å². The number of nitrogens with zero attached hydrogens (tertiary/aromatic N) is 3. The number of unbranched alkanes of at least 4 members (excludes halogenated alkanes) is 6. The molecule has 0 unspecified atom stereocenters. The van der Waals surface area contributed by atoms with E-state index in [1.807, 2.05) is 0 Å². The molecule has 0 atom stereocenters. The number of carbonyl (C=O) groups is 1. The van der Waals surface area contributed by atoms with Crippen molar-refractivity contribution in [2.45, 2.75) is 51.4 Å². The second-order valence-electron chi connectivity index (χ2n) is 3.53. The third kappa shape index (κ3) is 13.3. The lowest BCUT2D eigenvalue weighted by atomic mass is 10.1. The SMILES string of the molecule is [N-]=[N+]=NCCCCCCCCCC(=O)Cl. The van der Waals surface area contributed by atoms with Crippen molar-refractivity contribution in [3.05, 3.63) is 10.4 Å². The molecule has 0 N–H and O–H groups in total. The Labute approximate surface area is 95.6 Å². The van der Waals surface area contributed by atoms with Gasteiger partial charge in [-0.05, 0) is 30.0 Å². The number of hydrogen-bond donors (Lipinski definition) is 0. The number of rotatable bonds is 10. The number of hydrogen-bond acceptors (Lipinski definition) is 2. The third-order valence-electron chi connectivity index (χ3n) is 2.19. The minimum atomic E-state index is -0.232. The maximum Gasteiger partial charge on any atom is 0.221 e. The molecular weight excluding hydrogens is 214 g/mol. The first kappa shape index (κ1) is 14.3. The van der Waals surface area contributed by atoms with Gasteiger partial charge in [-0.1, -0.05) is 37.2 Å². The Morgan fingerprint density at radius 2 is 1.60 bits per heavy atom. The van der Waals surface area contributed by atoms with Crippen LogP contribution in [-0.2, 0) is 4.79 Å². The second-order valence-corrected chi connectivity index (χ2v) is 3.96. The van der Waals surface area contributed by atoms with Gasteiger partial charge in [-0.15, -0.1) is 0 Å². The lowest BCUT2D eigenvalue weighted by molar-refractivity contribution is -0.111. The van der Waals surface area contributed by atoms with Gasteiger partial charge in [0.15, 0.2) is 0 Å². The van der Waals surface area contributed by atoms with E-state index in [9.17, 15) is 4.79 Å². The zero-order chi connectivity index (χ0) is 11.4. The summed E-state index contributed by atoms with van der Waals surface area (Å²) in [5.41, 5.74) is 8.03. The van der Waals surface area contributed by atoms with Crippen molar-refractivity contribution in [3.63, 3.8) is 0 Å². The van der Waals surface area contributed by atoms with E-state index < -0.39 is 0 Å². The van der Waals surface area contributed by atoms with Crippen molar-refractivity contribution in [2.75, 3.05) is 6.54 Å². The predicted octanol–water partition coefficient (Wildman–Crippen LogP) is 4.18. The smallest absolute Gasteiger partial charge is 0.221 e. The van der Waals surface area contributed by atoms with Crippen molar-refractivity contribution in [1.82, 2.24) is 0 Å². The van der Waals surface area contributed by atoms with Crippen molar-refractivity contribution in [2.24, 2.45) is 5.11 Å². The van der Waals surface area contributed by atoms with Crippen molar-refractivity contribution in [1.29, 1.82) is 0 Å². The summed E-state index contributed by atoms with van der Waals surface area (Å²) in [4.78, 5) is 13.1. The molecule has 0 heterocycles. The highest BCUT2D eigenvalue weighted by Gasteiger charge is 1.95. The number of halogens is 1. The molecule has 0 saturated carbocycles. The molecule has 86 valence electrons. The Kier molecular flexibility index (Phi) is 10.8. The molecule has 0 amide bonds. The summed E-state index contributed by atoms with van der Waals surface area (Å²) in [6, 6.07) is 0. The molecule has 0 aliphatic rings. The molecule has 0 bridgehead atoms. The molecule has 15 heavy (non-hydrogen) atoms. The summed E-state index contributed by atoms with van der Waals surface area (Å²) in [7, 11) is 0. The molecule has 0 spiro atoms. The standard InChI is InChI=1S/C10H18ClN3O/c11-10(15)8-6-4-2-1-3-5-7-9-13-14-12/h1-9H2. The van der Waals surface area contributed by atoms with Gasteiger partial charge in [0.05, 0.1) is 0 Å². The molecule has 0 aliphatic carbocycles. The zero-order valence-electron chi connectivity index (χ0n) is 8.99. The van der Waals surface area contributed by atoms with E-state index in [2.05, 4.69) is 10.0 Å². The van der Waals surface area contributed by atoms with Crippen LogP contribution in [0.2, 0.25) is 0 Å². The fourth-order valence-corrected chi connectivity index (χ4v) is 1.51. The first-order chi connectivity index (χ1) is 7.27. The van der Waals surface area contributed by atoms with Crippen LogP contribution in [0.25, 0.3) is 10.4 Å². The van der Waals surface area contributed by atoms with Crippen LogP contribution in [0, 0.1) is 0 Å². The summed E-state index contributed by atoms with van der Waals surface area (Å²) in [6.45, 7) is 0.608. The molecule has 0 aliphatic heterocycles. The van der Waals surface area contributed by atoms with E-state index in [1.165, 1.54) is 12.8 Å². The topological polar surface area (TPSA) is 65.8 Å². The highest BCUT2D eigenvalue weighted by molar-refractivity contribution is 6.63. The van der Waals surface area contributed by atoms with Crippen LogP contribution in [0.4, 0.5) is 0 Å². The lowest BCUT2D eigenvalue weighted by Crippen LogP contribution is -1.87. The summed E-state index contributed by atoms with van der Waals surface area (Å²) in [5, 5.41) is 3.23. The first-order valence-corrected chi connectivity index (χ1v) is 5.84. The average Bonchev–Trinajstić information content (AvgIpc) is 2.20. The Bertz CT molecular complexity index is 207. The minimum absolute atomic E-state index is 0.232. The Hall–Kier alpha value is -0.730. The lowest BCUT2D eigenvalue weighted by Gasteiger charge is -1.99. The van der Waals surface area contributed by atoms with Gasteiger partial charge in [-0.2, -0.15) is 0 Å². The molecule has 0 fully saturated rings. The van der Waals surface area contributed by atoms with E-state index in [0.717, 1.165) is 32.1 Å². The highest BCUT2D eigenvalue weighted by Crippen LogP contribution is 2.09. The van der Waals surface area contributed by atoms with Gasteiger partial charge in [-0.3, -0.25) is 4.79 Å². The van der Waals surface area contributed by atoms with Crippen LogP contribution < -0.4 is 0 Å². The van der Waals surface area contributed by atoms with Gasteiger partial charge in [0.2, 0.25) is 5.24 Å². The summed E-state index contributed by atoms with van der Waals surface area (Å²) in [6.07, 6.45) is 8.10. The van der Waals surface area contributed by atoms with Gasteiger partial charge in [0, 0.05) is 17.9 Å². The van der Waals surface area contributed by atoms with Crippen LogP contribution in [0.5, 0.6) is 0 Å². The third-order valence-corrected chi connectivity index (χ3v) is 2.38. The van der Waals surface area contributed by atoms with E-state index in [4.69, 9.17) is 17.1 Å². The summed E-state index contributed by atoms with van der Waals surface area (Å²) in [5.74, 6) is 0. The van der Waals surface area contributed by atoms with Crippen molar-refractivity contribution in [3.8, 4) is 0 Å². The molecule has 0 rings (SSSR count). The van der Waals surface area contributed by atoms with Gasteiger partial charge >= 0.3 is 0 Å². The van der Waals surface area contributed by atoms with Crippen LogP contribution >= 0.6 is 11.6 Å². The van der Waals surface area contributed by atoms with Crippen LogP contribution in [0.3, 0.4) is 0 Å². The normalized spacial score (nSPS) is 9.67. The number of carbonyl (C=O) groups excluding carboxylic acids is 1. The van der Waals surface area contributed by atoms with Crippen molar-refractivity contribution >= 4 is 16.8 Å². The van der Waals surface area contributed by atoms with E-state index >= 15 is 0 Å². The van der Waals surface area contributed by atoms with Gasteiger partial charge in [0.25, 0.3) is 0 Å². The summed E-state index contributed by atoms with van der Waals surface area (Å²) >= 11 is 5.21. The molecule has 0 aromatic carbocycles. The fourth-order valence-electron chi connectivity index (χ4n) is 1.38. The maximum absolute atomic E-state index is 10.4. The van der Waals surface area contributed by atoms with Crippen LogP contribution in [0.15, 0.2) is 5.11 Å². The number of azide groups is 1. The Morgan fingerprint density at radius 1 is 1.07 bits per heavy atom. The summed E-state index contributed by atoms with van der Waals surface area (Å²) < 4.78 is 0. The molecule has 0 radical (unpaired) electrons. The van der Waals surface area contributed by atoms with E-state index in [1.54, 1.807) is 0 Å². The van der Waals surface area contributed by atoms with E-state index in [0.29, 0.717) is 13.0 Å². The molecule has 0 saturated heterocycles. The van der Waals surface area contributed by atoms with Crippen LogP contribution in [0.1, 0.15) is 51.4 Å². The van der Waals surface area contributed by atoms with Crippen molar-refractivity contribution < 1.29 is 4.79 Å². The molecule has 4 nitrogen and oxygen atoms in total. The Morgan fingerprint density at radius 3 is 2.13 bits per heavy atom. The van der Waals surface area contributed by atoms with E-state index in [-0.39, 0.29) is 5.24 Å².